The Hall–Kier alpha value is -2.67. The SMILES string of the molecule is CN(CC(=O)N(CC(=O)Nc1ccc(F)cc1)C(C)(C)C)Cc1ccco1. The van der Waals surface area contributed by atoms with Gasteiger partial charge >= 0.3 is 0 Å². The van der Waals surface area contributed by atoms with Gasteiger partial charge < -0.3 is 14.6 Å². The van der Waals surface area contributed by atoms with E-state index in [9.17, 15) is 14.0 Å². The molecule has 0 aliphatic heterocycles. The highest BCUT2D eigenvalue weighted by Gasteiger charge is 2.29. The van der Waals surface area contributed by atoms with E-state index in [0.717, 1.165) is 5.76 Å². The number of hydrogen-bond acceptors (Lipinski definition) is 4. The molecular weight excluding hydrogens is 349 g/mol. The van der Waals surface area contributed by atoms with Gasteiger partial charge in [-0.2, -0.15) is 0 Å². The van der Waals surface area contributed by atoms with Crippen LogP contribution >= 0.6 is 0 Å². The number of nitrogens with zero attached hydrogens (tertiary/aromatic N) is 2. The van der Waals surface area contributed by atoms with Gasteiger partial charge in [0.1, 0.15) is 18.1 Å². The monoisotopic (exact) mass is 375 g/mol. The van der Waals surface area contributed by atoms with E-state index < -0.39 is 5.54 Å². The lowest BCUT2D eigenvalue weighted by atomic mass is 10.1. The van der Waals surface area contributed by atoms with Crippen LogP contribution in [0.2, 0.25) is 0 Å². The second kappa shape index (κ2) is 8.81. The van der Waals surface area contributed by atoms with Gasteiger partial charge in [0.2, 0.25) is 11.8 Å². The van der Waals surface area contributed by atoms with E-state index in [4.69, 9.17) is 4.42 Å². The number of carbonyl (C=O) groups is 2. The molecule has 146 valence electrons. The molecule has 0 saturated carbocycles. The van der Waals surface area contributed by atoms with Crippen LogP contribution in [0.4, 0.5) is 10.1 Å². The minimum absolute atomic E-state index is 0.0890. The summed E-state index contributed by atoms with van der Waals surface area (Å²) in [4.78, 5) is 28.5. The summed E-state index contributed by atoms with van der Waals surface area (Å²) in [6.45, 7) is 6.20. The normalized spacial score (nSPS) is 11.5. The van der Waals surface area contributed by atoms with Crippen molar-refractivity contribution in [2.75, 3.05) is 25.5 Å². The zero-order chi connectivity index (χ0) is 20.0. The number of nitrogens with one attached hydrogen (secondary N) is 1. The van der Waals surface area contributed by atoms with Crippen LogP contribution in [0.15, 0.2) is 47.1 Å². The van der Waals surface area contributed by atoms with Crippen LogP contribution in [0, 0.1) is 5.82 Å². The van der Waals surface area contributed by atoms with E-state index in [1.165, 1.54) is 29.2 Å². The van der Waals surface area contributed by atoms with Crippen LogP contribution in [0.5, 0.6) is 0 Å². The number of anilines is 1. The average Bonchev–Trinajstić information content (AvgIpc) is 3.06. The molecule has 1 heterocycles. The van der Waals surface area contributed by atoms with Gasteiger partial charge in [-0.25, -0.2) is 4.39 Å². The Morgan fingerprint density at radius 3 is 2.33 bits per heavy atom. The molecule has 0 bridgehead atoms. The minimum atomic E-state index is -0.525. The Bertz CT molecular complexity index is 752. The predicted octanol–water partition coefficient (Wildman–Crippen LogP) is 3.12. The summed E-state index contributed by atoms with van der Waals surface area (Å²) < 4.78 is 18.3. The highest BCUT2D eigenvalue weighted by Crippen LogP contribution is 2.15. The number of halogens is 1. The highest BCUT2D eigenvalue weighted by atomic mass is 19.1. The highest BCUT2D eigenvalue weighted by molar-refractivity contribution is 5.95. The van der Waals surface area contributed by atoms with E-state index in [0.29, 0.717) is 12.2 Å². The van der Waals surface area contributed by atoms with E-state index >= 15 is 0 Å². The van der Waals surface area contributed by atoms with Crippen molar-refractivity contribution in [2.24, 2.45) is 0 Å². The molecule has 0 fully saturated rings. The molecule has 0 aliphatic rings. The van der Waals surface area contributed by atoms with Gasteiger partial charge in [0.05, 0.1) is 19.4 Å². The molecule has 0 saturated heterocycles. The second-order valence-electron chi connectivity index (χ2n) is 7.46. The van der Waals surface area contributed by atoms with Gasteiger partial charge in [-0.3, -0.25) is 14.5 Å². The maximum Gasteiger partial charge on any atom is 0.244 e. The van der Waals surface area contributed by atoms with E-state index in [-0.39, 0.29) is 30.7 Å². The van der Waals surface area contributed by atoms with Gasteiger partial charge in [-0.15, -0.1) is 0 Å². The molecule has 1 aromatic heterocycles. The van der Waals surface area contributed by atoms with Gasteiger partial charge in [0.25, 0.3) is 0 Å². The largest absolute Gasteiger partial charge is 0.468 e. The molecule has 2 amide bonds. The minimum Gasteiger partial charge on any atom is -0.468 e. The first-order valence-corrected chi connectivity index (χ1v) is 8.72. The Morgan fingerprint density at radius 1 is 1.11 bits per heavy atom. The molecule has 1 N–H and O–H groups in total. The van der Waals surface area contributed by atoms with Crippen LogP contribution in [0.3, 0.4) is 0 Å². The van der Waals surface area contributed by atoms with Gasteiger partial charge in [-0.05, 0) is 64.2 Å². The Balaban J connectivity index is 1.97. The molecule has 7 heteroatoms. The zero-order valence-electron chi connectivity index (χ0n) is 16.2. The molecule has 0 unspecified atom stereocenters. The van der Waals surface area contributed by atoms with E-state index in [1.807, 2.05) is 38.8 Å². The molecule has 2 aromatic rings. The molecule has 2 rings (SSSR count). The lowest BCUT2D eigenvalue weighted by Crippen LogP contribution is -2.52. The van der Waals surface area contributed by atoms with Crippen LogP contribution < -0.4 is 5.32 Å². The van der Waals surface area contributed by atoms with Crippen LogP contribution in [0.1, 0.15) is 26.5 Å². The van der Waals surface area contributed by atoms with E-state index in [1.54, 1.807) is 12.3 Å². The number of hydrogen-bond donors (Lipinski definition) is 1. The topological polar surface area (TPSA) is 65.8 Å². The molecule has 1 aromatic carbocycles. The van der Waals surface area contributed by atoms with Gasteiger partial charge in [0, 0.05) is 11.2 Å². The average molecular weight is 375 g/mol. The third-order valence-corrected chi connectivity index (χ3v) is 3.95. The molecule has 27 heavy (non-hydrogen) atoms. The van der Waals surface area contributed by atoms with Gasteiger partial charge in [-0.1, -0.05) is 0 Å². The second-order valence-corrected chi connectivity index (χ2v) is 7.46. The fraction of sp³-hybridized carbons (Fsp3) is 0.400. The number of carbonyl (C=O) groups excluding carboxylic acids is 2. The number of furan rings is 1. The van der Waals surface area contributed by atoms with Crippen molar-refractivity contribution in [3.8, 4) is 0 Å². The van der Waals surface area contributed by atoms with Crippen molar-refractivity contribution in [1.82, 2.24) is 9.80 Å². The number of benzene rings is 1. The predicted molar refractivity (Wildman–Crippen MR) is 102 cm³/mol. The maximum atomic E-state index is 13.0. The zero-order valence-corrected chi connectivity index (χ0v) is 16.2. The smallest absolute Gasteiger partial charge is 0.244 e. The van der Waals surface area contributed by atoms with Crippen LogP contribution in [-0.4, -0.2) is 47.3 Å². The van der Waals surface area contributed by atoms with Crippen molar-refractivity contribution < 1.29 is 18.4 Å². The summed E-state index contributed by atoms with van der Waals surface area (Å²) in [6.07, 6.45) is 1.59. The third-order valence-electron chi connectivity index (χ3n) is 3.95. The van der Waals surface area contributed by atoms with Crippen molar-refractivity contribution in [2.45, 2.75) is 32.9 Å². The van der Waals surface area contributed by atoms with Crippen LogP contribution in [0.25, 0.3) is 0 Å². The standard InChI is InChI=1S/C20H26FN3O3/c1-20(2,3)24(13-18(25)22-16-9-7-15(21)8-10-16)19(26)14-23(4)12-17-6-5-11-27-17/h5-11H,12-14H2,1-4H3,(H,22,25). The molecule has 0 atom stereocenters. The Morgan fingerprint density at radius 2 is 1.78 bits per heavy atom. The van der Waals surface area contributed by atoms with E-state index in [2.05, 4.69) is 5.32 Å². The molecular formula is C20H26FN3O3. The fourth-order valence-electron chi connectivity index (χ4n) is 2.62. The number of amides is 2. The summed E-state index contributed by atoms with van der Waals surface area (Å²) in [5, 5.41) is 2.69. The first kappa shape index (κ1) is 20.6. The summed E-state index contributed by atoms with van der Waals surface area (Å²) in [5.41, 5.74) is -0.0411. The molecule has 0 aliphatic carbocycles. The summed E-state index contributed by atoms with van der Waals surface area (Å²) in [7, 11) is 1.82. The lowest BCUT2D eigenvalue weighted by molar-refractivity contribution is -0.140. The van der Waals surface area contributed by atoms with Gasteiger partial charge in [0.15, 0.2) is 0 Å². The molecule has 0 spiro atoms. The quantitative estimate of drug-likeness (QED) is 0.808. The molecule has 0 radical (unpaired) electrons. The number of likely N-dealkylation sites (N-methyl/N-ethyl adjacent to an activating group) is 1. The molecule has 6 nitrogen and oxygen atoms in total. The van der Waals surface area contributed by atoms with Crippen molar-refractivity contribution in [3.05, 3.63) is 54.2 Å². The van der Waals surface area contributed by atoms with Crippen LogP contribution in [-0.2, 0) is 16.1 Å². The van der Waals surface area contributed by atoms with Crippen molar-refractivity contribution >= 4 is 17.5 Å². The first-order valence-electron chi connectivity index (χ1n) is 8.72. The van der Waals surface area contributed by atoms with Crippen molar-refractivity contribution in [3.63, 3.8) is 0 Å². The summed E-state index contributed by atoms with van der Waals surface area (Å²) >= 11 is 0. The van der Waals surface area contributed by atoms with Crippen molar-refractivity contribution in [1.29, 1.82) is 0 Å². The maximum absolute atomic E-state index is 13.0. The Kier molecular flexibility index (Phi) is 6.74. The Labute approximate surface area is 158 Å². The summed E-state index contributed by atoms with van der Waals surface area (Å²) in [5.74, 6) is -0.106. The number of rotatable bonds is 7. The fourth-order valence-corrected chi connectivity index (χ4v) is 2.62. The third kappa shape index (κ3) is 6.53. The summed E-state index contributed by atoms with van der Waals surface area (Å²) in [6, 6.07) is 9.14. The lowest BCUT2D eigenvalue weighted by Gasteiger charge is -2.36. The first-order chi connectivity index (χ1) is 12.6.